The molecule has 0 radical (unpaired) electrons. The summed E-state index contributed by atoms with van der Waals surface area (Å²) < 4.78 is 0. The molecule has 3 aromatic rings. The van der Waals surface area contributed by atoms with Crippen molar-refractivity contribution in [1.82, 2.24) is 35.3 Å². The van der Waals surface area contributed by atoms with Crippen molar-refractivity contribution in [1.29, 1.82) is 0 Å². The minimum atomic E-state index is 0.806. The van der Waals surface area contributed by atoms with Crippen molar-refractivity contribution in [3.05, 3.63) is 60.0 Å². The van der Waals surface area contributed by atoms with E-state index >= 15 is 0 Å². The van der Waals surface area contributed by atoms with Crippen LogP contribution in [0.25, 0.3) is 0 Å². The fraction of sp³-hybridized carbons (Fsp3) is 0.350. The molecule has 0 saturated carbocycles. The van der Waals surface area contributed by atoms with Gasteiger partial charge in [0.1, 0.15) is 24.3 Å². The molecule has 5 rings (SSSR count). The first-order valence-corrected chi connectivity index (χ1v) is 9.38. The molecular weight excluding hydrogens is 380 g/mol. The van der Waals surface area contributed by atoms with Crippen molar-refractivity contribution in [2.75, 3.05) is 13.1 Å². The molecule has 5 heterocycles. The van der Waals surface area contributed by atoms with Crippen molar-refractivity contribution in [3.63, 3.8) is 0 Å². The lowest BCUT2D eigenvalue weighted by atomic mass is 10.3. The van der Waals surface area contributed by atoms with Gasteiger partial charge in [0.05, 0.1) is 13.1 Å². The van der Waals surface area contributed by atoms with Gasteiger partial charge in [0.2, 0.25) is 0 Å². The molecule has 0 saturated heterocycles. The smallest absolute Gasteiger partial charge is 0.137 e. The lowest BCUT2D eigenvalue weighted by Crippen LogP contribution is -1.87. The molecule has 0 aliphatic carbocycles. The van der Waals surface area contributed by atoms with Gasteiger partial charge in [0, 0.05) is 36.2 Å². The largest absolute Gasteiger partial charge is 0.349 e. The summed E-state index contributed by atoms with van der Waals surface area (Å²) in [5.41, 5.74) is 3.57. The summed E-state index contributed by atoms with van der Waals surface area (Å²) in [7, 11) is 0. The number of imidazole rings is 1. The third-order valence-corrected chi connectivity index (χ3v) is 3.30. The molecule has 10 nitrogen and oxygen atoms in total. The first kappa shape index (κ1) is 24.3. The summed E-state index contributed by atoms with van der Waals surface area (Å²) >= 11 is 0. The van der Waals surface area contributed by atoms with Crippen LogP contribution in [-0.4, -0.2) is 66.7 Å². The van der Waals surface area contributed by atoms with E-state index in [1.807, 2.05) is 46.1 Å². The Morgan fingerprint density at radius 2 is 1.67 bits per heavy atom. The molecule has 2 aliphatic rings. The second kappa shape index (κ2) is 15.3. The summed E-state index contributed by atoms with van der Waals surface area (Å²) in [5.74, 6) is 1.82. The molecular formula is C20H30N10. The summed E-state index contributed by atoms with van der Waals surface area (Å²) in [5, 5.41) is 12.7. The normalized spacial score (nSPS) is 12.7. The molecule has 0 unspecified atom stereocenters. The summed E-state index contributed by atoms with van der Waals surface area (Å²) in [6.45, 7) is 11.5. The minimum absolute atomic E-state index is 0.806. The van der Waals surface area contributed by atoms with Gasteiger partial charge in [-0.2, -0.15) is 10.2 Å². The topological polar surface area (TPSA) is 136 Å². The van der Waals surface area contributed by atoms with Crippen molar-refractivity contribution in [3.8, 4) is 0 Å². The third kappa shape index (κ3) is 13.5. The number of aliphatic imine (C=N–C) groups is 3. The van der Waals surface area contributed by atoms with E-state index in [9.17, 15) is 0 Å². The van der Waals surface area contributed by atoms with E-state index in [4.69, 9.17) is 0 Å². The lowest BCUT2D eigenvalue weighted by molar-refractivity contribution is 1.04. The fourth-order valence-electron chi connectivity index (χ4n) is 1.72. The van der Waals surface area contributed by atoms with Gasteiger partial charge in [-0.3, -0.25) is 20.2 Å². The van der Waals surface area contributed by atoms with Crippen molar-refractivity contribution in [2.24, 2.45) is 15.0 Å². The maximum absolute atomic E-state index is 3.95. The first-order valence-electron chi connectivity index (χ1n) is 9.38. The Morgan fingerprint density at radius 3 is 1.83 bits per heavy atom. The molecule has 0 amide bonds. The Bertz CT molecular complexity index is 781. The number of H-pyrrole nitrogens is 3. The van der Waals surface area contributed by atoms with Crippen LogP contribution < -0.4 is 0 Å². The molecule has 2 aliphatic heterocycles. The number of hydrogen-bond acceptors (Lipinski definition) is 7. The molecule has 0 aromatic carbocycles. The molecule has 160 valence electrons. The maximum Gasteiger partial charge on any atom is 0.137 e. The predicted octanol–water partition coefficient (Wildman–Crippen LogP) is 3.06. The summed E-state index contributed by atoms with van der Waals surface area (Å²) in [6, 6.07) is 1.92. The number of rotatable bonds is 0. The average Bonchev–Trinajstić information content (AvgIpc) is 3.50. The van der Waals surface area contributed by atoms with E-state index in [2.05, 4.69) is 57.2 Å². The molecule has 10 heteroatoms. The zero-order chi connectivity index (χ0) is 22.0. The monoisotopic (exact) mass is 410 g/mol. The van der Waals surface area contributed by atoms with Crippen LogP contribution in [0.15, 0.2) is 57.6 Å². The van der Waals surface area contributed by atoms with Gasteiger partial charge in [-0.25, -0.2) is 15.0 Å². The number of nitrogens with zero attached hydrogens (tertiary/aromatic N) is 7. The number of aromatic amines is 3. The molecule has 0 fully saturated rings. The molecule has 3 aromatic heterocycles. The van der Waals surface area contributed by atoms with Gasteiger partial charge < -0.3 is 4.98 Å². The second-order valence-corrected chi connectivity index (χ2v) is 6.31. The molecule has 0 atom stereocenters. The number of hydrogen-bond donors (Lipinski definition) is 3. The van der Waals surface area contributed by atoms with E-state index < -0.39 is 0 Å². The maximum atomic E-state index is 3.95. The number of aryl methyl sites for hydroxylation is 3. The van der Waals surface area contributed by atoms with Crippen molar-refractivity contribution in [2.45, 2.75) is 34.6 Å². The summed E-state index contributed by atoms with van der Waals surface area (Å²) in [6.07, 6.45) is 12.2. The lowest BCUT2D eigenvalue weighted by Gasteiger charge is -1.77. The number of aromatic nitrogens is 7. The standard InChI is InChI=1S/C5H7N.3C4H6N2.C3H5N3/c1-5-2-3-6-4-5;1-4-2-5-3-6-4;1-4-5-2-3-6-4;1-4-2-3-5-6-4;1-3-4-2-5-6-3/h2-3H,4H2,1H3;3H,2H2,1H3;2*2-3H,1H3,(H,5,6);2H,1H3,(H,4,5,6). The zero-order valence-corrected chi connectivity index (χ0v) is 18.2. The van der Waals surface area contributed by atoms with Crippen LogP contribution in [-0.2, 0) is 0 Å². The second-order valence-electron chi connectivity index (χ2n) is 6.31. The van der Waals surface area contributed by atoms with E-state index in [1.54, 1.807) is 24.9 Å². The molecule has 30 heavy (non-hydrogen) atoms. The van der Waals surface area contributed by atoms with Gasteiger partial charge in [-0.1, -0.05) is 5.57 Å². The van der Waals surface area contributed by atoms with E-state index in [0.29, 0.717) is 0 Å². The van der Waals surface area contributed by atoms with Crippen LogP contribution in [0.2, 0.25) is 0 Å². The van der Waals surface area contributed by atoms with E-state index in [1.165, 1.54) is 11.9 Å². The van der Waals surface area contributed by atoms with E-state index in [0.717, 1.165) is 36.1 Å². The van der Waals surface area contributed by atoms with Crippen LogP contribution in [0.3, 0.4) is 0 Å². The van der Waals surface area contributed by atoms with Gasteiger partial charge >= 0.3 is 0 Å². The van der Waals surface area contributed by atoms with Gasteiger partial charge in [-0.15, -0.1) is 0 Å². The highest BCUT2D eigenvalue weighted by molar-refractivity contribution is 5.94. The highest BCUT2D eigenvalue weighted by Crippen LogP contribution is 1.95. The quantitative estimate of drug-likeness (QED) is 0.524. The number of allylic oxidation sites excluding steroid dienone is 1. The average molecular weight is 411 g/mol. The number of nitrogens with one attached hydrogen (secondary N) is 3. The van der Waals surface area contributed by atoms with Crippen LogP contribution in [0.4, 0.5) is 0 Å². The van der Waals surface area contributed by atoms with Gasteiger partial charge in [0.15, 0.2) is 0 Å². The molecule has 0 spiro atoms. The van der Waals surface area contributed by atoms with Gasteiger partial charge in [0.25, 0.3) is 0 Å². The Kier molecular flexibility index (Phi) is 12.4. The van der Waals surface area contributed by atoms with Crippen LogP contribution in [0, 0.1) is 20.8 Å². The van der Waals surface area contributed by atoms with Crippen molar-refractivity contribution < 1.29 is 0 Å². The predicted molar refractivity (Wildman–Crippen MR) is 121 cm³/mol. The van der Waals surface area contributed by atoms with Gasteiger partial charge in [-0.05, 0) is 46.8 Å². The minimum Gasteiger partial charge on any atom is -0.349 e. The highest BCUT2D eigenvalue weighted by atomic mass is 15.2. The SMILES string of the molecule is CC1=CC=NC1.CC1=NC=NC1.Cc1ccn[nH]1.Cc1ncc[nH]1.Cc1ncn[nH]1. The molecule has 0 bridgehead atoms. The van der Waals surface area contributed by atoms with Crippen LogP contribution in [0.1, 0.15) is 31.2 Å². The third-order valence-electron chi connectivity index (χ3n) is 3.30. The first-order chi connectivity index (χ1) is 14.5. The molecule has 3 N–H and O–H groups in total. The Hall–Kier alpha value is -3.69. The van der Waals surface area contributed by atoms with Crippen LogP contribution in [0.5, 0.6) is 0 Å². The zero-order valence-electron chi connectivity index (χ0n) is 18.2. The Morgan fingerprint density at radius 1 is 0.833 bits per heavy atom. The Balaban J connectivity index is 0.000000187. The summed E-state index contributed by atoms with van der Waals surface area (Å²) in [4.78, 5) is 22.1. The Labute approximate surface area is 176 Å². The highest BCUT2D eigenvalue weighted by Gasteiger charge is 1.89. The van der Waals surface area contributed by atoms with Crippen LogP contribution >= 0.6 is 0 Å². The van der Waals surface area contributed by atoms with Crippen molar-refractivity contribution >= 4 is 18.3 Å². The van der Waals surface area contributed by atoms with E-state index in [-0.39, 0.29) is 0 Å². The fourth-order valence-corrected chi connectivity index (χ4v) is 1.72.